The van der Waals surface area contributed by atoms with Gasteiger partial charge in [0.15, 0.2) is 0 Å². The lowest BCUT2D eigenvalue weighted by atomic mass is 9.87. The summed E-state index contributed by atoms with van der Waals surface area (Å²) >= 11 is 0. The average Bonchev–Trinajstić information content (AvgIpc) is 2.65. The van der Waals surface area contributed by atoms with E-state index < -0.39 is 29.1 Å². The SMILES string of the molecule is CC(C)(CO)[C@@H](O)C(=O)NCCC(=O)C(=O)NCCCN1CCOCC1=O. The summed E-state index contributed by atoms with van der Waals surface area (Å²) in [4.78, 5) is 48.4. The summed E-state index contributed by atoms with van der Waals surface area (Å²) in [6.45, 7) is 4.40. The van der Waals surface area contributed by atoms with Crippen LogP contribution in [0.2, 0.25) is 0 Å². The first-order chi connectivity index (χ1) is 12.7. The van der Waals surface area contributed by atoms with E-state index in [4.69, 9.17) is 9.84 Å². The van der Waals surface area contributed by atoms with Gasteiger partial charge in [-0.05, 0) is 6.42 Å². The number of hydrogen-bond acceptors (Lipinski definition) is 7. The van der Waals surface area contributed by atoms with E-state index in [2.05, 4.69) is 10.6 Å². The van der Waals surface area contributed by atoms with Gasteiger partial charge in [0.05, 0.1) is 13.2 Å². The number of carbonyl (C=O) groups excluding carboxylic acids is 4. The first kappa shape index (κ1) is 23.0. The van der Waals surface area contributed by atoms with Gasteiger partial charge in [0, 0.05) is 38.0 Å². The first-order valence-corrected chi connectivity index (χ1v) is 8.92. The average molecular weight is 387 g/mol. The molecule has 0 aromatic rings. The number of ether oxygens (including phenoxy) is 1. The zero-order valence-electron chi connectivity index (χ0n) is 15.8. The van der Waals surface area contributed by atoms with E-state index in [1.807, 2.05) is 0 Å². The number of hydrogen-bond donors (Lipinski definition) is 4. The Bertz CT molecular complexity index is 551. The van der Waals surface area contributed by atoms with Crippen molar-refractivity contribution in [3.63, 3.8) is 0 Å². The molecular weight excluding hydrogens is 358 g/mol. The van der Waals surface area contributed by atoms with Crippen molar-refractivity contribution in [2.45, 2.75) is 32.8 Å². The molecule has 0 unspecified atom stereocenters. The van der Waals surface area contributed by atoms with Crippen LogP contribution in [0.4, 0.5) is 0 Å². The third-order valence-electron chi connectivity index (χ3n) is 4.27. The van der Waals surface area contributed by atoms with Crippen LogP contribution in [0.1, 0.15) is 26.7 Å². The molecule has 27 heavy (non-hydrogen) atoms. The van der Waals surface area contributed by atoms with Crippen LogP contribution in [0.25, 0.3) is 0 Å². The Hall–Kier alpha value is -2.04. The van der Waals surface area contributed by atoms with Crippen molar-refractivity contribution in [3.8, 4) is 0 Å². The van der Waals surface area contributed by atoms with E-state index in [1.54, 1.807) is 4.90 Å². The van der Waals surface area contributed by atoms with Crippen molar-refractivity contribution in [2.75, 3.05) is 46.0 Å². The maximum Gasteiger partial charge on any atom is 0.287 e. The molecule has 1 atom stereocenters. The Kier molecular flexibility index (Phi) is 9.33. The van der Waals surface area contributed by atoms with Crippen molar-refractivity contribution < 1.29 is 34.1 Å². The van der Waals surface area contributed by atoms with Crippen LogP contribution in [-0.4, -0.2) is 90.7 Å². The highest BCUT2D eigenvalue weighted by atomic mass is 16.5. The topological polar surface area (TPSA) is 145 Å². The number of nitrogens with zero attached hydrogens (tertiary/aromatic N) is 1. The molecule has 4 N–H and O–H groups in total. The quantitative estimate of drug-likeness (QED) is 0.233. The molecule has 0 bridgehead atoms. The molecular formula is C17H29N3O7. The smallest absolute Gasteiger partial charge is 0.287 e. The van der Waals surface area contributed by atoms with E-state index in [9.17, 15) is 24.3 Å². The molecule has 154 valence electrons. The molecule has 0 aromatic heterocycles. The molecule has 0 spiro atoms. The van der Waals surface area contributed by atoms with Crippen LogP contribution in [0, 0.1) is 5.41 Å². The number of carbonyl (C=O) groups is 4. The van der Waals surface area contributed by atoms with Crippen molar-refractivity contribution >= 4 is 23.5 Å². The van der Waals surface area contributed by atoms with Gasteiger partial charge in [-0.1, -0.05) is 13.8 Å². The second kappa shape index (κ2) is 11.0. The van der Waals surface area contributed by atoms with Gasteiger partial charge in [-0.2, -0.15) is 0 Å². The molecule has 1 saturated heterocycles. The van der Waals surface area contributed by atoms with Gasteiger partial charge in [0.25, 0.3) is 5.91 Å². The van der Waals surface area contributed by atoms with Gasteiger partial charge in [0.2, 0.25) is 17.6 Å². The monoisotopic (exact) mass is 387 g/mol. The van der Waals surface area contributed by atoms with Gasteiger partial charge in [-0.15, -0.1) is 0 Å². The van der Waals surface area contributed by atoms with Crippen molar-refractivity contribution in [1.29, 1.82) is 0 Å². The van der Waals surface area contributed by atoms with Gasteiger partial charge in [-0.25, -0.2) is 0 Å². The number of Topliss-reactive ketones (excluding diaryl/α,β-unsaturated/α-hetero) is 1. The molecule has 0 aliphatic carbocycles. The number of ketones is 1. The van der Waals surface area contributed by atoms with Gasteiger partial charge in [0.1, 0.15) is 12.7 Å². The lowest BCUT2D eigenvalue weighted by Crippen LogP contribution is -2.46. The fraction of sp³-hybridized carbons (Fsp3) is 0.765. The van der Waals surface area contributed by atoms with E-state index in [0.29, 0.717) is 26.1 Å². The Labute approximate surface area is 158 Å². The van der Waals surface area contributed by atoms with E-state index in [-0.39, 0.29) is 38.6 Å². The summed E-state index contributed by atoms with van der Waals surface area (Å²) < 4.78 is 5.02. The van der Waals surface area contributed by atoms with Gasteiger partial charge in [-0.3, -0.25) is 19.2 Å². The number of aliphatic hydroxyl groups is 2. The van der Waals surface area contributed by atoms with Crippen molar-refractivity contribution in [2.24, 2.45) is 5.41 Å². The normalized spacial score (nSPS) is 16.0. The summed E-state index contributed by atoms with van der Waals surface area (Å²) in [5, 5.41) is 23.8. The number of morpholine rings is 1. The second-order valence-electron chi connectivity index (χ2n) is 7.06. The molecule has 0 aromatic carbocycles. The molecule has 3 amide bonds. The molecule has 1 rings (SSSR count). The summed E-state index contributed by atoms with van der Waals surface area (Å²) in [5.74, 6) is -2.24. The standard InChI is InChI=1S/C17H29N3O7/c1-17(2,11-21)14(24)16(26)19-6-4-12(22)15(25)18-5-3-7-20-8-9-27-10-13(20)23/h14,21,24H,3-11H2,1-2H3,(H,18,25)(H,19,26)/t14-/m0/s1. The fourth-order valence-corrected chi connectivity index (χ4v) is 2.31. The second-order valence-corrected chi connectivity index (χ2v) is 7.06. The molecule has 10 heteroatoms. The highest BCUT2D eigenvalue weighted by molar-refractivity contribution is 6.36. The highest BCUT2D eigenvalue weighted by Crippen LogP contribution is 2.19. The van der Waals surface area contributed by atoms with Crippen molar-refractivity contribution in [1.82, 2.24) is 15.5 Å². The highest BCUT2D eigenvalue weighted by Gasteiger charge is 2.32. The molecule has 1 heterocycles. The first-order valence-electron chi connectivity index (χ1n) is 8.92. The summed E-state index contributed by atoms with van der Waals surface area (Å²) in [6.07, 6.45) is -1.11. The van der Waals surface area contributed by atoms with Crippen LogP contribution >= 0.6 is 0 Å². The zero-order valence-corrected chi connectivity index (χ0v) is 15.8. The van der Waals surface area contributed by atoms with Crippen LogP contribution in [-0.2, 0) is 23.9 Å². The zero-order chi connectivity index (χ0) is 20.4. The fourth-order valence-electron chi connectivity index (χ4n) is 2.31. The van der Waals surface area contributed by atoms with Crippen LogP contribution < -0.4 is 10.6 Å². The predicted molar refractivity (Wildman–Crippen MR) is 94.5 cm³/mol. The molecule has 1 aliphatic rings. The maximum absolute atomic E-state index is 11.8. The van der Waals surface area contributed by atoms with E-state index in [1.165, 1.54) is 13.8 Å². The minimum Gasteiger partial charge on any atom is -0.396 e. The maximum atomic E-state index is 11.8. The summed E-state index contributed by atoms with van der Waals surface area (Å²) in [7, 11) is 0. The third kappa shape index (κ3) is 7.61. The minimum atomic E-state index is -1.42. The van der Waals surface area contributed by atoms with Crippen LogP contribution in [0.5, 0.6) is 0 Å². The van der Waals surface area contributed by atoms with Gasteiger partial charge >= 0.3 is 0 Å². The number of aliphatic hydroxyl groups excluding tert-OH is 2. The number of nitrogens with one attached hydrogen (secondary N) is 2. The molecule has 0 saturated carbocycles. The summed E-state index contributed by atoms with van der Waals surface area (Å²) in [6, 6.07) is 0. The Morgan fingerprint density at radius 2 is 1.96 bits per heavy atom. The minimum absolute atomic E-state index is 0.0702. The molecule has 0 radical (unpaired) electrons. The van der Waals surface area contributed by atoms with E-state index in [0.717, 1.165) is 0 Å². The largest absolute Gasteiger partial charge is 0.396 e. The molecule has 1 fully saturated rings. The Morgan fingerprint density at radius 3 is 2.59 bits per heavy atom. The number of rotatable bonds is 11. The molecule has 1 aliphatic heterocycles. The third-order valence-corrected chi connectivity index (χ3v) is 4.27. The Balaban J connectivity index is 2.20. The van der Waals surface area contributed by atoms with Crippen molar-refractivity contribution in [3.05, 3.63) is 0 Å². The Morgan fingerprint density at radius 1 is 1.26 bits per heavy atom. The van der Waals surface area contributed by atoms with Gasteiger partial charge < -0.3 is 30.5 Å². The lowest BCUT2D eigenvalue weighted by molar-refractivity contribution is -0.142. The van der Waals surface area contributed by atoms with E-state index >= 15 is 0 Å². The predicted octanol–water partition coefficient (Wildman–Crippen LogP) is -2.19. The summed E-state index contributed by atoms with van der Waals surface area (Å²) in [5.41, 5.74) is -1.01. The number of amides is 3. The molecule has 10 nitrogen and oxygen atoms in total. The lowest BCUT2D eigenvalue weighted by Gasteiger charge is -2.27. The van der Waals surface area contributed by atoms with Crippen LogP contribution in [0.3, 0.4) is 0 Å². The van der Waals surface area contributed by atoms with Crippen LogP contribution in [0.15, 0.2) is 0 Å².